The first kappa shape index (κ1) is 14.7. The van der Waals surface area contributed by atoms with Crippen molar-refractivity contribution in [3.63, 3.8) is 0 Å². The van der Waals surface area contributed by atoms with E-state index in [2.05, 4.69) is 11.9 Å². The van der Waals surface area contributed by atoms with Gasteiger partial charge >= 0.3 is 5.97 Å². The van der Waals surface area contributed by atoms with Crippen molar-refractivity contribution in [2.45, 2.75) is 13.0 Å². The topological polar surface area (TPSA) is 56.7 Å². The number of benzene rings is 1. The number of para-hydroxylation sites is 1. The van der Waals surface area contributed by atoms with E-state index in [4.69, 9.17) is 11.6 Å². The fraction of sp³-hybridized carbons (Fsp3) is 0.250. The summed E-state index contributed by atoms with van der Waals surface area (Å²) in [7, 11) is 1.90. The van der Waals surface area contributed by atoms with Gasteiger partial charge in [0, 0.05) is 19.8 Å². The van der Waals surface area contributed by atoms with Crippen LogP contribution in [-0.4, -0.2) is 35.7 Å². The van der Waals surface area contributed by atoms with E-state index in [1.54, 1.807) is 30.5 Å². The van der Waals surface area contributed by atoms with Crippen molar-refractivity contribution in [1.29, 1.82) is 0 Å². The van der Waals surface area contributed by atoms with Gasteiger partial charge in [-0.25, -0.2) is 9.78 Å². The molecule has 1 aromatic heterocycles. The fourth-order valence-electron chi connectivity index (χ4n) is 2.98. The number of anilines is 3. The highest BCUT2D eigenvalue weighted by Gasteiger charge is 2.32. The van der Waals surface area contributed by atoms with E-state index in [9.17, 15) is 9.90 Å². The Bertz CT molecular complexity index is 735. The van der Waals surface area contributed by atoms with Gasteiger partial charge in [-0.15, -0.1) is 0 Å². The van der Waals surface area contributed by atoms with Gasteiger partial charge in [0.2, 0.25) is 0 Å². The van der Waals surface area contributed by atoms with Crippen LogP contribution in [0.1, 0.15) is 17.3 Å². The number of hydrogen-bond donors (Lipinski definition) is 1. The Hall–Kier alpha value is -2.27. The van der Waals surface area contributed by atoms with Gasteiger partial charge < -0.3 is 14.9 Å². The Labute approximate surface area is 133 Å². The fourth-order valence-corrected chi connectivity index (χ4v) is 3.20. The summed E-state index contributed by atoms with van der Waals surface area (Å²) in [4.78, 5) is 19.9. The van der Waals surface area contributed by atoms with Crippen LogP contribution in [0.2, 0.25) is 5.02 Å². The van der Waals surface area contributed by atoms with Gasteiger partial charge in [-0.1, -0.05) is 17.7 Å². The lowest BCUT2D eigenvalue weighted by molar-refractivity contribution is 0.0697. The molecule has 1 N–H and O–H groups in total. The molecule has 0 bridgehead atoms. The van der Waals surface area contributed by atoms with Crippen molar-refractivity contribution in [2.24, 2.45) is 0 Å². The van der Waals surface area contributed by atoms with Gasteiger partial charge in [0.05, 0.1) is 28.0 Å². The number of carboxylic acid groups (broad SMARTS) is 1. The molecule has 1 aliphatic rings. The van der Waals surface area contributed by atoms with Gasteiger partial charge in [-0.2, -0.15) is 0 Å². The number of hydrogen-bond acceptors (Lipinski definition) is 4. The second-order valence-electron chi connectivity index (χ2n) is 5.39. The molecule has 0 spiro atoms. The van der Waals surface area contributed by atoms with E-state index in [0.717, 1.165) is 5.69 Å². The first-order chi connectivity index (χ1) is 10.5. The summed E-state index contributed by atoms with van der Waals surface area (Å²) in [5.74, 6) is -0.293. The molecule has 0 radical (unpaired) electrons. The van der Waals surface area contributed by atoms with Gasteiger partial charge in [0.25, 0.3) is 0 Å². The number of nitrogens with zero attached hydrogens (tertiary/aromatic N) is 3. The first-order valence-corrected chi connectivity index (χ1v) is 7.35. The number of pyridine rings is 1. The quantitative estimate of drug-likeness (QED) is 0.920. The van der Waals surface area contributed by atoms with E-state index in [1.165, 1.54) is 0 Å². The maximum absolute atomic E-state index is 11.5. The molecule has 1 aliphatic heterocycles. The molecule has 1 atom stereocenters. The Morgan fingerprint density at radius 2 is 2.14 bits per heavy atom. The first-order valence-electron chi connectivity index (χ1n) is 6.98. The summed E-state index contributed by atoms with van der Waals surface area (Å²) in [5.41, 5.74) is 1.78. The number of likely N-dealkylation sites (N-methyl/N-ethyl adjacent to an activating group) is 1. The van der Waals surface area contributed by atoms with Crippen LogP contribution >= 0.6 is 11.6 Å². The summed E-state index contributed by atoms with van der Waals surface area (Å²) in [6, 6.07) is 8.95. The molecular weight excluding hydrogens is 302 g/mol. The molecule has 0 aliphatic carbocycles. The van der Waals surface area contributed by atoms with Crippen molar-refractivity contribution in [3.05, 3.63) is 47.1 Å². The zero-order valence-corrected chi connectivity index (χ0v) is 13.1. The molecule has 0 saturated heterocycles. The normalized spacial score (nSPS) is 17.3. The van der Waals surface area contributed by atoms with Crippen LogP contribution in [0.15, 0.2) is 36.5 Å². The average molecular weight is 318 g/mol. The Kier molecular flexibility index (Phi) is 3.66. The number of aromatic nitrogens is 1. The predicted molar refractivity (Wildman–Crippen MR) is 87.5 cm³/mol. The third kappa shape index (κ3) is 2.27. The third-order valence-corrected chi connectivity index (χ3v) is 4.13. The minimum Gasteiger partial charge on any atom is -0.478 e. The molecule has 2 aromatic rings. The molecule has 0 fully saturated rings. The van der Waals surface area contributed by atoms with Crippen molar-refractivity contribution in [3.8, 4) is 0 Å². The van der Waals surface area contributed by atoms with Crippen molar-refractivity contribution in [1.82, 2.24) is 4.98 Å². The van der Waals surface area contributed by atoms with E-state index >= 15 is 0 Å². The second-order valence-corrected chi connectivity index (χ2v) is 5.79. The molecule has 0 amide bonds. The standard InChI is InChI=1S/C16H16ClN3O2/c1-10-9-19(2)14-11(16(21)22)5-3-7-13(14)20(10)15-12(17)6-4-8-18-15/h3-8,10H,9H2,1-2H3,(H,21,22). The maximum atomic E-state index is 11.5. The monoisotopic (exact) mass is 317 g/mol. The minimum atomic E-state index is -0.940. The van der Waals surface area contributed by atoms with Crippen molar-refractivity contribution >= 4 is 34.8 Å². The number of carbonyl (C=O) groups is 1. The number of rotatable bonds is 2. The molecule has 1 unspecified atom stereocenters. The van der Waals surface area contributed by atoms with Crippen LogP contribution < -0.4 is 9.80 Å². The average Bonchev–Trinajstić information content (AvgIpc) is 2.48. The number of carboxylic acids is 1. The lowest BCUT2D eigenvalue weighted by atomic mass is 10.0. The van der Waals surface area contributed by atoms with Gasteiger partial charge in [0.15, 0.2) is 5.82 Å². The zero-order chi connectivity index (χ0) is 15.9. The van der Waals surface area contributed by atoms with E-state index in [1.807, 2.05) is 22.9 Å². The highest BCUT2D eigenvalue weighted by molar-refractivity contribution is 6.33. The highest BCUT2D eigenvalue weighted by atomic mass is 35.5. The van der Waals surface area contributed by atoms with Crippen LogP contribution in [0.4, 0.5) is 17.2 Å². The SMILES string of the molecule is CC1CN(C)c2c(C(=O)O)cccc2N1c1ncccc1Cl. The number of halogens is 1. The van der Waals surface area contributed by atoms with E-state index in [-0.39, 0.29) is 11.6 Å². The predicted octanol–water partition coefficient (Wildman–Crippen LogP) is 3.41. The summed E-state index contributed by atoms with van der Waals surface area (Å²) in [5, 5.41) is 10.00. The second kappa shape index (κ2) is 5.50. The molecule has 22 heavy (non-hydrogen) atoms. The van der Waals surface area contributed by atoms with Crippen molar-refractivity contribution < 1.29 is 9.90 Å². The van der Waals surface area contributed by atoms with Crippen LogP contribution in [0, 0.1) is 0 Å². The molecule has 2 heterocycles. The molecule has 114 valence electrons. The van der Waals surface area contributed by atoms with Crippen LogP contribution in [0.3, 0.4) is 0 Å². The van der Waals surface area contributed by atoms with Gasteiger partial charge in [-0.05, 0) is 31.2 Å². The summed E-state index contributed by atoms with van der Waals surface area (Å²) < 4.78 is 0. The molecule has 5 nitrogen and oxygen atoms in total. The van der Waals surface area contributed by atoms with Crippen LogP contribution in [0.5, 0.6) is 0 Å². The van der Waals surface area contributed by atoms with Crippen LogP contribution in [0.25, 0.3) is 0 Å². The van der Waals surface area contributed by atoms with Crippen LogP contribution in [-0.2, 0) is 0 Å². The third-order valence-electron chi connectivity index (χ3n) is 3.83. The minimum absolute atomic E-state index is 0.119. The molecule has 1 aromatic carbocycles. The Morgan fingerprint density at radius 1 is 1.36 bits per heavy atom. The molecule has 3 rings (SSSR count). The van der Waals surface area contributed by atoms with Gasteiger partial charge in [0.1, 0.15) is 0 Å². The number of aromatic carboxylic acids is 1. The molecule has 6 heteroatoms. The smallest absolute Gasteiger partial charge is 0.337 e. The summed E-state index contributed by atoms with van der Waals surface area (Å²) in [6.07, 6.45) is 1.69. The zero-order valence-electron chi connectivity index (χ0n) is 12.3. The molecular formula is C16H16ClN3O2. The van der Waals surface area contributed by atoms with E-state index in [0.29, 0.717) is 23.1 Å². The summed E-state index contributed by atoms with van der Waals surface area (Å²) in [6.45, 7) is 2.75. The lowest BCUT2D eigenvalue weighted by Gasteiger charge is -2.42. The summed E-state index contributed by atoms with van der Waals surface area (Å²) >= 11 is 6.29. The largest absolute Gasteiger partial charge is 0.478 e. The Balaban J connectivity index is 2.23. The van der Waals surface area contributed by atoms with Crippen molar-refractivity contribution in [2.75, 3.05) is 23.4 Å². The van der Waals surface area contributed by atoms with Gasteiger partial charge in [-0.3, -0.25) is 0 Å². The van der Waals surface area contributed by atoms with E-state index < -0.39 is 5.97 Å². The maximum Gasteiger partial charge on any atom is 0.337 e. The Morgan fingerprint density at radius 3 is 2.82 bits per heavy atom. The molecule has 0 saturated carbocycles. The number of fused-ring (bicyclic) bond motifs is 1. The highest BCUT2D eigenvalue weighted by Crippen LogP contribution is 2.42. The lowest BCUT2D eigenvalue weighted by Crippen LogP contribution is -2.44.